The lowest BCUT2D eigenvalue weighted by Gasteiger charge is -1.97. The van der Waals surface area contributed by atoms with Gasteiger partial charge in [0, 0.05) is 18.9 Å². The molecule has 0 radical (unpaired) electrons. The van der Waals surface area contributed by atoms with Gasteiger partial charge in [-0.05, 0) is 25.7 Å². The summed E-state index contributed by atoms with van der Waals surface area (Å²) in [7, 11) is 0. The van der Waals surface area contributed by atoms with Crippen molar-refractivity contribution in [2.24, 2.45) is 5.92 Å². The summed E-state index contributed by atoms with van der Waals surface area (Å²) in [5, 5.41) is 8.31. The van der Waals surface area contributed by atoms with Gasteiger partial charge in [-0.1, -0.05) is 12.2 Å². The Kier molecular flexibility index (Phi) is 5.28. The molecule has 1 fully saturated rings. The van der Waals surface area contributed by atoms with Crippen LogP contribution in [0.2, 0.25) is 0 Å². The smallest absolute Gasteiger partial charge is 0.0621 e. The van der Waals surface area contributed by atoms with Crippen molar-refractivity contribution in [3.63, 3.8) is 0 Å². The molecule has 0 aromatic carbocycles. The molecule has 0 N–H and O–H groups in total. The standard InChI is InChI=1S/C11H17NO/c12-8-5-3-1-2-4-6-11-7-9-13-10-11/h4,6,11H,1-3,5,7,9-10H2/b6-4+. The van der Waals surface area contributed by atoms with Gasteiger partial charge in [-0.3, -0.25) is 0 Å². The maximum atomic E-state index is 8.31. The average Bonchev–Trinajstić information content (AvgIpc) is 2.63. The van der Waals surface area contributed by atoms with Gasteiger partial charge in [0.25, 0.3) is 0 Å². The van der Waals surface area contributed by atoms with E-state index in [2.05, 4.69) is 18.2 Å². The van der Waals surface area contributed by atoms with Gasteiger partial charge in [0.1, 0.15) is 0 Å². The number of hydrogen-bond donors (Lipinski definition) is 0. The van der Waals surface area contributed by atoms with Crippen molar-refractivity contribution in [1.29, 1.82) is 5.26 Å². The van der Waals surface area contributed by atoms with Gasteiger partial charge in [0.2, 0.25) is 0 Å². The molecule has 13 heavy (non-hydrogen) atoms. The summed E-state index contributed by atoms with van der Waals surface area (Å²) in [5.74, 6) is 0.649. The highest BCUT2D eigenvalue weighted by Gasteiger charge is 2.10. The van der Waals surface area contributed by atoms with E-state index in [0.29, 0.717) is 12.3 Å². The van der Waals surface area contributed by atoms with Crippen LogP contribution in [-0.2, 0) is 4.74 Å². The lowest BCUT2D eigenvalue weighted by atomic mass is 10.1. The minimum Gasteiger partial charge on any atom is -0.381 e. The van der Waals surface area contributed by atoms with Crippen LogP contribution in [0, 0.1) is 17.2 Å². The van der Waals surface area contributed by atoms with Gasteiger partial charge >= 0.3 is 0 Å². The maximum absolute atomic E-state index is 8.31. The molecule has 0 spiro atoms. The van der Waals surface area contributed by atoms with E-state index in [4.69, 9.17) is 10.00 Å². The molecule has 0 aliphatic carbocycles. The zero-order valence-corrected chi connectivity index (χ0v) is 8.04. The highest BCUT2D eigenvalue weighted by atomic mass is 16.5. The lowest BCUT2D eigenvalue weighted by molar-refractivity contribution is 0.191. The van der Waals surface area contributed by atoms with Crippen molar-refractivity contribution in [2.45, 2.75) is 32.1 Å². The van der Waals surface area contributed by atoms with Gasteiger partial charge in [-0.25, -0.2) is 0 Å². The summed E-state index contributed by atoms with van der Waals surface area (Å²) in [6, 6.07) is 2.16. The maximum Gasteiger partial charge on any atom is 0.0621 e. The molecular weight excluding hydrogens is 162 g/mol. The quantitative estimate of drug-likeness (QED) is 0.480. The monoisotopic (exact) mass is 179 g/mol. The third-order valence-corrected chi connectivity index (χ3v) is 2.28. The topological polar surface area (TPSA) is 33.0 Å². The SMILES string of the molecule is N#CCCCC/C=C/C1CCOC1. The zero-order chi connectivity index (χ0) is 9.36. The summed E-state index contributed by atoms with van der Waals surface area (Å²) in [6.07, 6.45) is 9.64. The Hall–Kier alpha value is -0.810. The zero-order valence-electron chi connectivity index (χ0n) is 8.04. The fraction of sp³-hybridized carbons (Fsp3) is 0.727. The highest BCUT2D eigenvalue weighted by molar-refractivity contribution is 4.90. The highest BCUT2D eigenvalue weighted by Crippen LogP contribution is 2.14. The molecule has 1 rings (SSSR count). The third kappa shape index (κ3) is 4.69. The number of hydrogen-bond acceptors (Lipinski definition) is 2. The summed E-state index contributed by atoms with van der Waals surface area (Å²) < 4.78 is 5.26. The van der Waals surface area contributed by atoms with Crippen LogP contribution in [0.25, 0.3) is 0 Å². The Labute approximate surface area is 80.2 Å². The van der Waals surface area contributed by atoms with Crippen LogP contribution in [0.5, 0.6) is 0 Å². The Bertz CT molecular complexity index is 187. The van der Waals surface area contributed by atoms with Crippen molar-refractivity contribution in [3.05, 3.63) is 12.2 Å². The first-order valence-electron chi connectivity index (χ1n) is 5.05. The van der Waals surface area contributed by atoms with E-state index in [0.717, 1.165) is 32.5 Å². The first-order valence-corrected chi connectivity index (χ1v) is 5.05. The van der Waals surface area contributed by atoms with Gasteiger partial charge in [-0.15, -0.1) is 0 Å². The van der Waals surface area contributed by atoms with Crippen LogP contribution < -0.4 is 0 Å². The molecule has 2 nitrogen and oxygen atoms in total. The van der Waals surface area contributed by atoms with E-state index in [9.17, 15) is 0 Å². The Morgan fingerprint density at radius 3 is 3.08 bits per heavy atom. The Balaban J connectivity index is 1.95. The number of unbranched alkanes of at least 4 members (excludes halogenated alkanes) is 3. The summed E-state index contributed by atoms with van der Waals surface area (Å²) in [5.41, 5.74) is 0. The molecule has 0 bridgehead atoms. The second-order valence-corrected chi connectivity index (χ2v) is 3.46. The van der Waals surface area contributed by atoms with Crippen molar-refractivity contribution in [1.82, 2.24) is 0 Å². The fourth-order valence-corrected chi connectivity index (χ4v) is 1.46. The molecular formula is C11H17NO. The minimum atomic E-state index is 0.649. The number of nitrogens with zero attached hydrogens (tertiary/aromatic N) is 1. The van der Waals surface area contributed by atoms with E-state index >= 15 is 0 Å². The van der Waals surface area contributed by atoms with Crippen molar-refractivity contribution >= 4 is 0 Å². The second kappa shape index (κ2) is 6.68. The van der Waals surface area contributed by atoms with Crippen LogP contribution >= 0.6 is 0 Å². The van der Waals surface area contributed by atoms with E-state index in [1.54, 1.807) is 0 Å². The first-order chi connectivity index (χ1) is 6.43. The molecule has 1 saturated heterocycles. The van der Waals surface area contributed by atoms with Crippen LogP contribution in [0.15, 0.2) is 12.2 Å². The second-order valence-electron chi connectivity index (χ2n) is 3.46. The normalized spacial score (nSPS) is 22.2. The molecule has 0 amide bonds. The average molecular weight is 179 g/mol. The van der Waals surface area contributed by atoms with Crippen LogP contribution in [0.1, 0.15) is 32.1 Å². The molecule has 1 aliphatic heterocycles. The van der Waals surface area contributed by atoms with Crippen molar-refractivity contribution in [2.75, 3.05) is 13.2 Å². The van der Waals surface area contributed by atoms with Crippen LogP contribution in [0.4, 0.5) is 0 Å². The predicted molar refractivity (Wildman–Crippen MR) is 52.1 cm³/mol. The fourth-order valence-electron chi connectivity index (χ4n) is 1.46. The molecule has 1 heterocycles. The van der Waals surface area contributed by atoms with Crippen LogP contribution in [-0.4, -0.2) is 13.2 Å². The minimum absolute atomic E-state index is 0.649. The van der Waals surface area contributed by atoms with Crippen LogP contribution in [0.3, 0.4) is 0 Å². The van der Waals surface area contributed by atoms with E-state index in [1.807, 2.05) is 0 Å². The summed E-state index contributed by atoms with van der Waals surface area (Å²) in [6.45, 7) is 1.82. The molecule has 72 valence electrons. The number of nitriles is 1. The van der Waals surface area contributed by atoms with E-state index < -0.39 is 0 Å². The Morgan fingerprint density at radius 2 is 2.38 bits per heavy atom. The Morgan fingerprint density at radius 1 is 1.46 bits per heavy atom. The summed E-state index contributed by atoms with van der Waals surface area (Å²) in [4.78, 5) is 0. The molecule has 1 atom stereocenters. The molecule has 1 unspecified atom stereocenters. The lowest BCUT2D eigenvalue weighted by Crippen LogP contribution is -1.92. The third-order valence-electron chi connectivity index (χ3n) is 2.28. The molecule has 0 aromatic rings. The molecule has 0 aromatic heterocycles. The van der Waals surface area contributed by atoms with Crippen molar-refractivity contribution in [3.8, 4) is 6.07 Å². The van der Waals surface area contributed by atoms with Gasteiger partial charge < -0.3 is 4.74 Å². The number of rotatable bonds is 5. The van der Waals surface area contributed by atoms with Gasteiger partial charge in [0.05, 0.1) is 12.7 Å². The predicted octanol–water partition coefficient (Wildman–Crippen LogP) is 2.66. The number of allylic oxidation sites excluding steroid dienone is 1. The van der Waals surface area contributed by atoms with Crippen molar-refractivity contribution < 1.29 is 4.74 Å². The van der Waals surface area contributed by atoms with E-state index in [-0.39, 0.29) is 0 Å². The van der Waals surface area contributed by atoms with Gasteiger partial charge in [-0.2, -0.15) is 5.26 Å². The first kappa shape index (κ1) is 10.3. The molecule has 0 saturated carbocycles. The molecule has 2 heteroatoms. The van der Waals surface area contributed by atoms with E-state index in [1.165, 1.54) is 6.42 Å². The van der Waals surface area contributed by atoms with Gasteiger partial charge in [0.15, 0.2) is 0 Å². The number of ether oxygens (including phenoxy) is 1. The summed E-state index contributed by atoms with van der Waals surface area (Å²) >= 11 is 0. The largest absolute Gasteiger partial charge is 0.381 e. The molecule has 1 aliphatic rings.